The van der Waals surface area contributed by atoms with Crippen LogP contribution in [0.1, 0.15) is 54.4 Å². The number of likely N-dealkylation sites (tertiary alicyclic amines) is 1. The van der Waals surface area contributed by atoms with Gasteiger partial charge in [0.2, 0.25) is 0 Å². The topological polar surface area (TPSA) is 117 Å². The number of nitrogen functional groups attached to an aromatic ring is 1. The van der Waals surface area contributed by atoms with E-state index in [2.05, 4.69) is 27.1 Å². The summed E-state index contributed by atoms with van der Waals surface area (Å²) in [4.78, 5) is 32.6. The van der Waals surface area contributed by atoms with E-state index >= 15 is 0 Å². The van der Waals surface area contributed by atoms with Crippen molar-refractivity contribution in [1.82, 2.24) is 20.2 Å². The molecule has 26 heavy (non-hydrogen) atoms. The predicted molar refractivity (Wildman–Crippen MR) is 97.9 cm³/mol. The summed E-state index contributed by atoms with van der Waals surface area (Å²) in [7, 11) is 0. The molecule has 0 saturated carbocycles. The van der Waals surface area contributed by atoms with Gasteiger partial charge in [0.25, 0.3) is 11.5 Å². The number of amides is 1. The number of nitrogens with zero attached hydrogens (tertiary/aromatic N) is 2. The first-order valence-electron chi connectivity index (χ1n) is 9.00. The molecule has 0 unspecified atom stereocenters. The van der Waals surface area contributed by atoms with E-state index in [1.807, 2.05) is 6.07 Å². The fourth-order valence-electron chi connectivity index (χ4n) is 3.21. The van der Waals surface area contributed by atoms with E-state index < -0.39 is 0 Å². The molecule has 140 valence electrons. The van der Waals surface area contributed by atoms with Crippen LogP contribution in [0.2, 0.25) is 0 Å². The molecule has 1 aliphatic heterocycles. The third-order valence-corrected chi connectivity index (χ3v) is 4.66. The number of aromatic nitrogens is 2. The zero-order chi connectivity index (χ0) is 18.5. The molecule has 1 atom stereocenters. The predicted octanol–water partition coefficient (Wildman–Crippen LogP) is 1.46. The normalized spacial score (nSPS) is 16.3. The Balaban J connectivity index is 1.53. The standard InChI is InChI=1S/C18H25N5O3/c1-12(23-9-3-2-4-10-23)13-5-6-14(26-13)18(25)20-8-7-16-21-15(19)11-17(24)22-16/h5-6,11-12H,2-4,7-10H2,1H3,(H,20,25)(H3,19,21,22,24)/t12-/m1/s1. The number of hydrogen-bond donors (Lipinski definition) is 3. The summed E-state index contributed by atoms with van der Waals surface area (Å²) in [5.41, 5.74) is 5.23. The van der Waals surface area contributed by atoms with Crippen LogP contribution in [0.3, 0.4) is 0 Å². The average Bonchev–Trinajstić information content (AvgIpc) is 3.11. The first-order chi connectivity index (χ1) is 12.5. The number of carbonyl (C=O) groups is 1. The third-order valence-electron chi connectivity index (χ3n) is 4.66. The van der Waals surface area contributed by atoms with Crippen molar-refractivity contribution in [2.75, 3.05) is 25.4 Å². The lowest BCUT2D eigenvalue weighted by atomic mass is 10.1. The summed E-state index contributed by atoms with van der Waals surface area (Å²) in [5.74, 6) is 1.41. The number of aromatic amines is 1. The van der Waals surface area contributed by atoms with E-state index in [1.165, 1.54) is 25.3 Å². The maximum atomic E-state index is 12.2. The number of anilines is 1. The van der Waals surface area contributed by atoms with Gasteiger partial charge in [-0.05, 0) is 45.0 Å². The number of hydrogen-bond acceptors (Lipinski definition) is 6. The van der Waals surface area contributed by atoms with E-state index in [0.717, 1.165) is 18.8 Å². The molecule has 0 spiro atoms. The van der Waals surface area contributed by atoms with Crippen LogP contribution in [0.5, 0.6) is 0 Å². The minimum Gasteiger partial charge on any atom is -0.454 e. The second kappa shape index (κ2) is 8.18. The van der Waals surface area contributed by atoms with Crippen LogP contribution in [0.25, 0.3) is 0 Å². The van der Waals surface area contributed by atoms with Crippen molar-refractivity contribution in [2.24, 2.45) is 0 Å². The summed E-state index contributed by atoms with van der Waals surface area (Å²) in [6.45, 7) is 4.56. The molecule has 4 N–H and O–H groups in total. The molecule has 1 aliphatic rings. The van der Waals surface area contributed by atoms with Gasteiger partial charge in [0.1, 0.15) is 17.4 Å². The van der Waals surface area contributed by atoms with Crippen LogP contribution < -0.4 is 16.6 Å². The second-order valence-corrected chi connectivity index (χ2v) is 6.60. The molecule has 0 aliphatic carbocycles. The van der Waals surface area contributed by atoms with E-state index in [9.17, 15) is 9.59 Å². The quantitative estimate of drug-likeness (QED) is 0.719. The lowest BCUT2D eigenvalue weighted by Crippen LogP contribution is -2.32. The highest BCUT2D eigenvalue weighted by molar-refractivity contribution is 5.91. The Kier molecular flexibility index (Phi) is 5.72. The highest BCUT2D eigenvalue weighted by Gasteiger charge is 2.22. The van der Waals surface area contributed by atoms with E-state index in [-0.39, 0.29) is 29.1 Å². The molecule has 2 aromatic rings. The van der Waals surface area contributed by atoms with Crippen molar-refractivity contribution in [1.29, 1.82) is 0 Å². The van der Waals surface area contributed by atoms with Gasteiger partial charge in [-0.2, -0.15) is 0 Å². The van der Waals surface area contributed by atoms with Crippen LogP contribution in [0.15, 0.2) is 27.4 Å². The molecule has 8 heteroatoms. The smallest absolute Gasteiger partial charge is 0.287 e. The van der Waals surface area contributed by atoms with Gasteiger partial charge in [-0.1, -0.05) is 6.42 Å². The molecule has 1 amide bonds. The van der Waals surface area contributed by atoms with Gasteiger partial charge < -0.3 is 20.5 Å². The zero-order valence-corrected chi connectivity index (χ0v) is 15.0. The van der Waals surface area contributed by atoms with Gasteiger partial charge in [0.05, 0.1) is 6.04 Å². The summed E-state index contributed by atoms with van der Waals surface area (Å²) >= 11 is 0. The number of rotatable bonds is 6. The number of H-pyrrole nitrogens is 1. The lowest BCUT2D eigenvalue weighted by Gasteiger charge is -2.31. The minimum atomic E-state index is -0.304. The number of nitrogens with one attached hydrogen (secondary N) is 2. The Morgan fingerprint density at radius 1 is 1.38 bits per heavy atom. The van der Waals surface area contributed by atoms with Crippen molar-refractivity contribution in [3.05, 3.63) is 45.9 Å². The van der Waals surface area contributed by atoms with E-state index in [0.29, 0.717) is 18.8 Å². The molecule has 8 nitrogen and oxygen atoms in total. The van der Waals surface area contributed by atoms with Crippen molar-refractivity contribution >= 4 is 11.7 Å². The summed E-state index contributed by atoms with van der Waals surface area (Å²) in [6.07, 6.45) is 4.07. The molecular formula is C18H25N5O3. The number of nitrogens with two attached hydrogens (primary N) is 1. The Hall–Kier alpha value is -2.61. The molecule has 1 fully saturated rings. The highest BCUT2D eigenvalue weighted by Crippen LogP contribution is 2.25. The molecular weight excluding hydrogens is 334 g/mol. The largest absolute Gasteiger partial charge is 0.454 e. The van der Waals surface area contributed by atoms with Crippen LogP contribution in [0.4, 0.5) is 5.82 Å². The van der Waals surface area contributed by atoms with Gasteiger partial charge in [0.15, 0.2) is 5.76 Å². The SMILES string of the molecule is C[C@H](c1ccc(C(=O)NCCc2nc(N)cc(=O)[nH]2)o1)N1CCCCC1. The van der Waals surface area contributed by atoms with Crippen molar-refractivity contribution in [3.63, 3.8) is 0 Å². The molecule has 0 radical (unpaired) electrons. The fourth-order valence-corrected chi connectivity index (χ4v) is 3.21. The Morgan fingerprint density at radius 3 is 2.88 bits per heavy atom. The molecule has 0 bridgehead atoms. The van der Waals surface area contributed by atoms with Gasteiger partial charge >= 0.3 is 0 Å². The number of furan rings is 1. The van der Waals surface area contributed by atoms with Crippen molar-refractivity contribution in [3.8, 4) is 0 Å². The summed E-state index contributed by atoms with van der Waals surface area (Å²) in [5, 5.41) is 2.77. The van der Waals surface area contributed by atoms with Crippen molar-refractivity contribution in [2.45, 2.75) is 38.6 Å². The first kappa shape index (κ1) is 18.2. The molecule has 2 aromatic heterocycles. The van der Waals surface area contributed by atoms with Gasteiger partial charge in [-0.15, -0.1) is 0 Å². The van der Waals surface area contributed by atoms with E-state index in [1.54, 1.807) is 6.07 Å². The van der Waals surface area contributed by atoms with Crippen LogP contribution in [-0.4, -0.2) is 40.4 Å². The monoisotopic (exact) mass is 359 g/mol. The van der Waals surface area contributed by atoms with Gasteiger partial charge in [-0.3, -0.25) is 14.5 Å². The fraction of sp³-hybridized carbons (Fsp3) is 0.500. The Bertz CT molecular complexity index is 807. The van der Waals surface area contributed by atoms with Crippen LogP contribution in [0, 0.1) is 0 Å². The first-order valence-corrected chi connectivity index (χ1v) is 9.00. The summed E-state index contributed by atoms with van der Waals surface area (Å²) < 4.78 is 5.75. The maximum Gasteiger partial charge on any atom is 0.287 e. The van der Waals surface area contributed by atoms with Crippen LogP contribution >= 0.6 is 0 Å². The van der Waals surface area contributed by atoms with E-state index in [4.69, 9.17) is 10.2 Å². The van der Waals surface area contributed by atoms with Crippen molar-refractivity contribution < 1.29 is 9.21 Å². The third kappa shape index (κ3) is 4.51. The van der Waals surface area contributed by atoms with Crippen LogP contribution in [-0.2, 0) is 6.42 Å². The lowest BCUT2D eigenvalue weighted by molar-refractivity contribution is 0.0917. The van der Waals surface area contributed by atoms with Gasteiger partial charge in [-0.25, -0.2) is 4.98 Å². The minimum absolute atomic E-state index is 0.164. The maximum absolute atomic E-state index is 12.2. The molecule has 3 heterocycles. The summed E-state index contributed by atoms with van der Waals surface area (Å²) in [6, 6.07) is 4.95. The Labute approximate surface area is 151 Å². The van der Waals surface area contributed by atoms with Gasteiger partial charge in [0, 0.05) is 19.0 Å². The molecule has 1 saturated heterocycles. The number of carbonyl (C=O) groups excluding carboxylic acids is 1. The molecule has 3 rings (SSSR count). The highest BCUT2D eigenvalue weighted by atomic mass is 16.4. The average molecular weight is 359 g/mol. The Morgan fingerprint density at radius 2 is 2.15 bits per heavy atom. The molecule has 0 aromatic carbocycles. The zero-order valence-electron chi connectivity index (χ0n) is 15.0. The number of piperidine rings is 1. The second-order valence-electron chi connectivity index (χ2n) is 6.60.